The molecular weight excluding hydrogens is 593 g/mol. The Morgan fingerprint density at radius 1 is 1.10 bits per heavy atom. The first kappa shape index (κ1) is 32.9. The molecule has 15 heteroatoms. The summed E-state index contributed by atoms with van der Waals surface area (Å²) in [6.45, 7) is 4.55. The lowest BCUT2D eigenvalue weighted by Crippen LogP contribution is -2.60. The number of halogens is 1. The van der Waals surface area contributed by atoms with Crippen molar-refractivity contribution in [2.24, 2.45) is 0 Å². The topological polar surface area (TPSA) is 156 Å². The average Bonchev–Trinajstić information content (AvgIpc) is 2.87. The molecule has 1 fully saturated rings. The Bertz CT molecular complexity index is 1540. The molecule has 12 nitrogen and oxygen atoms in total. The zero-order valence-corrected chi connectivity index (χ0v) is 25.5. The van der Waals surface area contributed by atoms with E-state index in [1.54, 1.807) is 20.8 Å². The largest absolute Gasteiger partial charge is 0.458 e. The SMILES string of the molecule is CN(C)C(=O)Oc1ccc(C[C@@H](C(=O)OC(C)(C)C)N(C(=O)C2CS(=O)(=O)CCN2)S(=O)(=O)c2cccc(F)c2)cc1. The van der Waals surface area contributed by atoms with E-state index in [9.17, 15) is 35.6 Å². The fourth-order valence-electron chi connectivity index (χ4n) is 4.02. The normalized spacial score (nSPS) is 17.5. The first-order chi connectivity index (χ1) is 19.4. The van der Waals surface area contributed by atoms with Crippen molar-refractivity contribution in [2.45, 2.75) is 49.8 Å². The van der Waals surface area contributed by atoms with Gasteiger partial charge >= 0.3 is 12.1 Å². The fraction of sp³-hybridized carbons (Fsp3) is 0.444. The molecule has 1 saturated heterocycles. The summed E-state index contributed by atoms with van der Waals surface area (Å²) in [7, 11) is -5.64. The number of hydrogen-bond acceptors (Lipinski definition) is 10. The predicted octanol–water partition coefficient (Wildman–Crippen LogP) is 1.74. The van der Waals surface area contributed by atoms with E-state index in [1.165, 1.54) is 43.3 Å². The van der Waals surface area contributed by atoms with Crippen molar-refractivity contribution in [3.8, 4) is 5.75 Å². The summed E-state index contributed by atoms with van der Waals surface area (Å²) >= 11 is 0. The van der Waals surface area contributed by atoms with Gasteiger partial charge < -0.3 is 19.7 Å². The highest BCUT2D eigenvalue weighted by molar-refractivity contribution is 7.91. The standard InChI is InChI=1S/C27H34FN3O9S2/c1-27(2,3)40-25(33)23(15-18-9-11-20(12-10-18)39-26(34)30(4)5)31(24(32)22-17-41(35,36)14-13-29-22)42(37,38)21-8-6-7-19(28)16-21/h6-12,16,22-23,29H,13-15,17H2,1-5H3/t22?,23-/m0/s1. The van der Waals surface area contributed by atoms with Gasteiger partial charge in [0.2, 0.25) is 0 Å². The quantitative estimate of drug-likeness (QED) is 0.428. The molecule has 0 aromatic heterocycles. The van der Waals surface area contributed by atoms with Crippen LogP contribution in [0.3, 0.4) is 0 Å². The molecule has 1 heterocycles. The number of benzene rings is 2. The summed E-state index contributed by atoms with van der Waals surface area (Å²) in [6, 6.07) is 6.37. The molecule has 42 heavy (non-hydrogen) atoms. The number of nitrogens with one attached hydrogen (secondary N) is 1. The Kier molecular flexibility index (Phi) is 10.0. The monoisotopic (exact) mass is 627 g/mol. The van der Waals surface area contributed by atoms with Crippen molar-refractivity contribution in [3.05, 3.63) is 59.9 Å². The van der Waals surface area contributed by atoms with Gasteiger partial charge in [0, 0.05) is 27.1 Å². The van der Waals surface area contributed by atoms with Gasteiger partial charge in [-0.2, -0.15) is 0 Å². The third-order valence-electron chi connectivity index (χ3n) is 5.98. The lowest BCUT2D eigenvalue weighted by molar-refractivity contribution is -0.162. The maximum absolute atomic E-state index is 14.1. The van der Waals surface area contributed by atoms with Crippen LogP contribution >= 0.6 is 0 Å². The molecule has 0 bridgehead atoms. The molecule has 0 saturated carbocycles. The number of rotatable bonds is 8. The third kappa shape index (κ3) is 8.49. The minimum Gasteiger partial charge on any atom is -0.458 e. The maximum Gasteiger partial charge on any atom is 0.414 e. The average molecular weight is 628 g/mol. The molecule has 1 N–H and O–H groups in total. The van der Waals surface area contributed by atoms with Gasteiger partial charge in [-0.25, -0.2) is 35.1 Å². The van der Waals surface area contributed by atoms with Gasteiger partial charge in [0.05, 0.1) is 16.4 Å². The summed E-state index contributed by atoms with van der Waals surface area (Å²) in [5.74, 6) is -3.99. The molecule has 2 aromatic carbocycles. The lowest BCUT2D eigenvalue weighted by Gasteiger charge is -2.35. The third-order valence-corrected chi connectivity index (χ3v) is 9.45. The summed E-state index contributed by atoms with van der Waals surface area (Å²) in [6.07, 6.45) is -1.03. The molecule has 2 amide bonds. The Hall–Kier alpha value is -3.56. The molecule has 2 atom stereocenters. The van der Waals surface area contributed by atoms with E-state index >= 15 is 0 Å². The molecule has 0 spiro atoms. The molecular formula is C27H34FN3O9S2. The van der Waals surface area contributed by atoms with Gasteiger partial charge in [-0.3, -0.25) is 4.79 Å². The van der Waals surface area contributed by atoms with Crippen molar-refractivity contribution in [3.63, 3.8) is 0 Å². The number of sulfone groups is 1. The van der Waals surface area contributed by atoms with E-state index in [0.717, 1.165) is 18.2 Å². The van der Waals surface area contributed by atoms with E-state index in [2.05, 4.69) is 5.32 Å². The van der Waals surface area contributed by atoms with E-state index in [-0.39, 0.29) is 22.4 Å². The molecule has 3 rings (SSSR count). The van der Waals surface area contributed by atoms with Gasteiger partial charge in [-0.15, -0.1) is 0 Å². The van der Waals surface area contributed by atoms with Crippen LogP contribution in [0.2, 0.25) is 0 Å². The van der Waals surface area contributed by atoms with Crippen molar-refractivity contribution in [1.82, 2.24) is 14.5 Å². The van der Waals surface area contributed by atoms with Crippen LogP contribution in [0.15, 0.2) is 53.4 Å². The van der Waals surface area contributed by atoms with Gasteiger partial charge in [-0.1, -0.05) is 18.2 Å². The first-order valence-electron chi connectivity index (χ1n) is 12.9. The van der Waals surface area contributed by atoms with E-state index in [4.69, 9.17) is 9.47 Å². The van der Waals surface area contributed by atoms with Crippen LogP contribution in [0, 0.1) is 5.82 Å². The predicted molar refractivity (Wildman–Crippen MR) is 150 cm³/mol. The van der Waals surface area contributed by atoms with Crippen LogP contribution in [0.4, 0.5) is 9.18 Å². The molecule has 0 radical (unpaired) electrons. The number of carbonyl (C=O) groups is 3. The van der Waals surface area contributed by atoms with Gasteiger partial charge in [0.15, 0.2) is 9.84 Å². The van der Waals surface area contributed by atoms with Crippen molar-refractivity contribution >= 4 is 37.8 Å². The summed E-state index contributed by atoms with van der Waals surface area (Å²) in [4.78, 5) is 40.0. The number of amides is 2. The smallest absolute Gasteiger partial charge is 0.414 e. The van der Waals surface area contributed by atoms with Crippen molar-refractivity contribution in [2.75, 3.05) is 32.1 Å². The number of nitrogens with zero attached hydrogens (tertiary/aromatic N) is 2. The van der Waals surface area contributed by atoms with Gasteiger partial charge in [0.25, 0.3) is 15.9 Å². The molecule has 2 aromatic rings. The van der Waals surface area contributed by atoms with Crippen LogP contribution in [0.5, 0.6) is 5.75 Å². The van der Waals surface area contributed by atoms with Crippen molar-refractivity contribution < 1.29 is 45.1 Å². The molecule has 1 aliphatic rings. The Morgan fingerprint density at radius 2 is 1.74 bits per heavy atom. The highest BCUT2D eigenvalue weighted by atomic mass is 32.2. The number of sulfonamides is 1. The number of hydrogen-bond donors (Lipinski definition) is 1. The molecule has 1 aliphatic heterocycles. The molecule has 230 valence electrons. The minimum atomic E-state index is -4.93. The van der Waals surface area contributed by atoms with E-state index < -0.39 is 78.4 Å². The number of carbonyl (C=O) groups excluding carboxylic acids is 3. The zero-order chi connectivity index (χ0) is 31.5. The summed E-state index contributed by atoms with van der Waals surface area (Å²) in [5.41, 5.74) is -0.740. The Morgan fingerprint density at radius 3 is 2.29 bits per heavy atom. The van der Waals surface area contributed by atoms with Crippen molar-refractivity contribution in [1.29, 1.82) is 0 Å². The maximum atomic E-state index is 14.1. The number of ether oxygens (including phenoxy) is 2. The Balaban J connectivity index is 2.12. The van der Waals surface area contributed by atoms with Crippen LogP contribution < -0.4 is 10.1 Å². The minimum absolute atomic E-state index is 0.114. The summed E-state index contributed by atoms with van der Waals surface area (Å²) < 4.78 is 77.7. The number of esters is 1. The first-order valence-corrected chi connectivity index (χ1v) is 16.1. The fourth-order valence-corrected chi connectivity index (χ4v) is 6.98. The zero-order valence-electron chi connectivity index (χ0n) is 23.9. The van der Waals surface area contributed by atoms with Gasteiger partial charge in [0.1, 0.15) is 29.3 Å². The molecule has 0 aliphatic carbocycles. The van der Waals surface area contributed by atoms with Crippen LogP contribution in [0.1, 0.15) is 26.3 Å². The highest BCUT2D eigenvalue weighted by Crippen LogP contribution is 2.26. The van der Waals surface area contributed by atoms with E-state index in [0.29, 0.717) is 11.6 Å². The Labute approximate surface area is 244 Å². The second-order valence-electron chi connectivity index (χ2n) is 10.9. The second kappa shape index (κ2) is 12.8. The lowest BCUT2D eigenvalue weighted by atomic mass is 10.0. The molecule has 1 unspecified atom stereocenters. The highest BCUT2D eigenvalue weighted by Gasteiger charge is 2.45. The van der Waals surface area contributed by atoms with Crippen LogP contribution in [0.25, 0.3) is 0 Å². The van der Waals surface area contributed by atoms with Gasteiger partial charge in [-0.05, 0) is 56.7 Å². The van der Waals surface area contributed by atoms with Crippen LogP contribution in [-0.2, 0) is 40.6 Å². The van der Waals surface area contributed by atoms with Crippen LogP contribution in [-0.4, -0.2) is 93.8 Å². The summed E-state index contributed by atoms with van der Waals surface area (Å²) in [5, 5.41) is 2.72. The van der Waals surface area contributed by atoms with E-state index in [1.807, 2.05) is 0 Å². The second-order valence-corrected chi connectivity index (χ2v) is 14.9.